The number of aliphatic hydroxyl groups excluding tert-OH is 1. The van der Waals surface area contributed by atoms with Crippen molar-refractivity contribution in [1.82, 2.24) is 4.90 Å². The molecule has 1 aromatic rings. The summed E-state index contributed by atoms with van der Waals surface area (Å²) in [7, 11) is 1.92. The van der Waals surface area contributed by atoms with E-state index in [1.165, 1.54) is 25.7 Å². The fourth-order valence-corrected chi connectivity index (χ4v) is 3.82. The lowest BCUT2D eigenvalue weighted by molar-refractivity contribution is 0.0773. The van der Waals surface area contributed by atoms with E-state index in [1.807, 2.05) is 36.2 Å². The lowest BCUT2D eigenvalue weighted by Gasteiger charge is -2.31. The van der Waals surface area contributed by atoms with Crippen molar-refractivity contribution in [1.29, 1.82) is 0 Å². The highest BCUT2D eigenvalue weighted by molar-refractivity contribution is 5.94. The molecule has 1 aliphatic heterocycles. The molecule has 2 aliphatic rings. The van der Waals surface area contributed by atoms with E-state index in [-0.39, 0.29) is 12.0 Å². The molecule has 3 rings (SSSR count). The molecule has 0 atom stereocenters. The Balaban J connectivity index is 1.58. The van der Waals surface area contributed by atoms with Crippen LogP contribution >= 0.6 is 0 Å². The second-order valence-electron chi connectivity index (χ2n) is 7.10. The second kappa shape index (κ2) is 7.35. The van der Waals surface area contributed by atoms with Gasteiger partial charge in [-0.25, -0.2) is 0 Å². The van der Waals surface area contributed by atoms with Crippen LogP contribution in [0.25, 0.3) is 0 Å². The van der Waals surface area contributed by atoms with Crippen LogP contribution in [0.2, 0.25) is 0 Å². The highest BCUT2D eigenvalue weighted by Gasteiger charge is 2.21. The zero-order valence-corrected chi connectivity index (χ0v) is 14.1. The molecule has 1 aromatic carbocycles. The van der Waals surface area contributed by atoms with E-state index in [4.69, 9.17) is 0 Å². The van der Waals surface area contributed by atoms with Crippen molar-refractivity contribution in [2.75, 3.05) is 31.6 Å². The van der Waals surface area contributed by atoms with E-state index in [1.54, 1.807) is 0 Å². The van der Waals surface area contributed by atoms with Crippen LogP contribution in [0, 0.1) is 5.92 Å². The summed E-state index contributed by atoms with van der Waals surface area (Å²) in [6.45, 7) is 2.65. The fraction of sp³-hybridized carbons (Fsp3) is 0.632. The molecular formula is C19H28N2O2. The number of hydrogen-bond donors (Lipinski definition) is 1. The van der Waals surface area contributed by atoms with Crippen molar-refractivity contribution in [3.63, 3.8) is 0 Å². The summed E-state index contributed by atoms with van der Waals surface area (Å²) in [5, 5.41) is 9.59. The molecule has 1 amide bonds. The van der Waals surface area contributed by atoms with Crippen molar-refractivity contribution >= 4 is 11.6 Å². The van der Waals surface area contributed by atoms with Crippen LogP contribution in [-0.4, -0.2) is 48.7 Å². The lowest BCUT2D eigenvalue weighted by atomic mass is 10.1. The largest absolute Gasteiger partial charge is 0.393 e. The predicted octanol–water partition coefficient (Wildman–Crippen LogP) is 2.91. The predicted molar refractivity (Wildman–Crippen MR) is 92.8 cm³/mol. The third kappa shape index (κ3) is 4.05. The normalized spacial score (nSPS) is 20.0. The Morgan fingerprint density at radius 3 is 2.35 bits per heavy atom. The maximum absolute atomic E-state index is 12.5. The molecule has 0 unspecified atom stereocenters. The molecule has 2 fully saturated rings. The van der Waals surface area contributed by atoms with Crippen molar-refractivity contribution in [2.45, 2.75) is 44.6 Å². The van der Waals surface area contributed by atoms with E-state index in [0.29, 0.717) is 5.92 Å². The maximum Gasteiger partial charge on any atom is 0.253 e. The Morgan fingerprint density at radius 2 is 1.74 bits per heavy atom. The summed E-state index contributed by atoms with van der Waals surface area (Å²) in [5.74, 6) is 0.806. The third-order valence-corrected chi connectivity index (χ3v) is 5.30. The Labute approximate surface area is 139 Å². The number of carbonyl (C=O) groups excluding carboxylic acids is 1. The molecule has 1 saturated heterocycles. The molecule has 0 aromatic heterocycles. The van der Waals surface area contributed by atoms with Crippen LogP contribution in [0.15, 0.2) is 24.3 Å². The number of amides is 1. The Kier molecular flexibility index (Phi) is 5.21. The van der Waals surface area contributed by atoms with Crippen LogP contribution in [0.3, 0.4) is 0 Å². The molecule has 4 heteroatoms. The van der Waals surface area contributed by atoms with E-state index >= 15 is 0 Å². The van der Waals surface area contributed by atoms with E-state index < -0.39 is 0 Å². The van der Waals surface area contributed by atoms with Crippen LogP contribution in [0.5, 0.6) is 0 Å². The summed E-state index contributed by atoms with van der Waals surface area (Å²) >= 11 is 0. The minimum Gasteiger partial charge on any atom is -0.393 e. The summed E-state index contributed by atoms with van der Waals surface area (Å²) < 4.78 is 0. The van der Waals surface area contributed by atoms with E-state index in [0.717, 1.165) is 43.7 Å². The van der Waals surface area contributed by atoms with Gasteiger partial charge >= 0.3 is 0 Å². The minimum atomic E-state index is -0.156. The van der Waals surface area contributed by atoms with Gasteiger partial charge in [-0.05, 0) is 55.9 Å². The molecule has 1 aliphatic carbocycles. The molecule has 1 N–H and O–H groups in total. The van der Waals surface area contributed by atoms with Gasteiger partial charge in [0.25, 0.3) is 5.91 Å². The highest BCUT2D eigenvalue weighted by atomic mass is 16.3. The number of benzene rings is 1. The Bertz CT molecular complexity index is 515. The van der Waals surface area contributed by atoms with Crippen LogP contribution in [0.4, 0.5) is 5.69 Å². The number of piperidine rings is 1. The van der Waals surface area contributed by atoms with Gasteiger partial charge in [0.1, 0.15) is 0 Å². The SMILES string of the molecule is CN(CC1CCCC1)C(=O)c1ccc(N2CCC(O)CC2)cc1. The Hall–Kier alpha value is -1.55. The Morgan fingerprint density at radius 1 is 1.13 bits per heavy atom. The molecule has 1 heterocycles. The number of rotatable bonds is 4. The molecule has 23 heavy (non-hydrogen) atoms. The van der Waals surface area contributed by atoms with Gasteiger partial charge in [-0.3, -0.25) is 4.79 Å². The van der Waals surface area contributed by atoms with E-state index in [9.17, 15) is 9.90 Å². The number of hydrogen-bond acceptors (Lipinski definition) is 3. The summed E-state index contributed by atoms with van der Waals surface area (Å²) in [4.78, 5) is 16.7. The van der Waals surface area contributed by atoms with Crippen molar-refractivity contribution in [2.24, 2.45) is 5.92 Å². The first kappa shape index (κ1) is 16.3. The van der Waals surface area contributed by atoms with Crippen LogP contribution < -0.4 is 4.90 Å². The van der Waals surface area contributed by atoms with E-state index in [2.05, 4.69) is 4.90 Å². The topological polar surface area (TPSA) is 43.8 Å². The molecule has 0 radical (unpaired) electrons. The highest BCUT2D eigenvalue weighted by Crippen LogP contribution is 2.26. The summed E-state index contributed by atoms with van der Waals surface area (Å²) in [5.41, 5.74) is 1.91. The quantitative estimate of drug-likeness (QED) is 0.929. The van der Waals surface area contributed by atoms with Crippen LogP contribution in [0.1, 0.15) is 48.9 Å². The van der Waals surface area contributed by atoms with Gasteiger partial charge < -0.3 is 14.9 Å². The zero-order chi connectivity index (χ0) is 16.2. The monoisotopic (exact) mass is 316 g/mol. The standard InChI is InChI=1S/C19H28N2O2/c1-20(14-15-4-2-3-5-15)19(23)16-6-8-17(9-7-16)21-12-10-18(22)11-13-21/h6-9,15,18,22H,2-5,10-14H2,1H3. The summed E-state index contributed by atoms with van der Waals surface area (Å²) in [6, 6.07) is 7.95. The number of carbonyl (C=O) groups is 1. The maximum atomic E-state index is 12.5. The van der Waals surface area contributed by atoms with Gasteiger partial charge in [0.2, 0.25) is 0 Å². The molecule has 1 saturated carbocycles. The lowest BCUT2D eigenvalue weighted by Crippen LogP contribution is -2.35. The average molecular weight is 316 g/mol. The number of nitrogens with zero attached hydrogens (tertiary/aromatic N) is 2. The first-order valence-corrected chi connectivity index (χ1v) is 8.92. The molecule has 4 nitrogen and oxygen atoms in total. The van der Waals surface area contributed by atoms with Crippen molar-refractivity contribution in [3.05, 3.63) is 29.8 Å². The number of aliphatic hydroxyl groups is 1. The number of anilines is 1. The second-order valence-corrected chi connectivity index (χ2v) is 7.10. The van der Waals surface area contributed by atoms with Gasteiger partial charge in [0.05, 0.1) is 6.10 Å². The van der Waals surface area contributed by atoms with Crippen LogP contribution in [-0.2, 0) is 0 Å². The molecular weight excluding hydrogens is 288 g/mol. The van der Waals surface area contributed by atoms with Crippen molar-refractivity contribution < 1.29 is 9.90 Å². The van der Waals surface area contributed by atoms with Gasteiger partial charge in [-0.2, -0.15) is 0 Å². The molecule has 0 spiro atoms. The molecule has 0 bridgehead atoms. The zero-order valence-electron chi connectivity index (χ0n) is 14.1. The van der Waals surface area contributed by atoms with Gasteiger partial charge in [-0.15, -0.1) is 0 Å². The fourth-order valence-electron chi connectivity index (χ4n) is 3.82. The smallest absolute Gasteiger partial charge is 0.253 e. The molecule has 126 valence electrons. The third-order valence-electron chi connectivity index (χ3n) is 5.30. The summed E-state index contributed by atoms with van der Waals surface area (Å²) in [6.07, 6.45) is 6.64. The minimum absolute atomic E-state index is 0.123. The first-order valence-electron chi connectivity index (χ1n) is 8.92. The van der Waals surface area contributed by atoms with Gasteiger partial charge in [-0.1, -0.05) is 12.8 Å². The van der Waals surface area contributed by atoms with Gasteiger partial charge in [0.15, 0.2) is 0 Å². The average Bonchev–Trinajstić information content (AvgIpc) is 3.08. The first-order chi connectivity index (χ1) is 11.1. The van der Waals surface area contributed by atoms with Gasteiger partial charge in [0, 0.05) is 37.9 Å². The van der Waals surface area contributed by atoms with Crippen molar-refractivity contribution in [3.8, 4) is 0 Å².